The molecular weight excluding hydrogens is 244 g/mol. The van der Waals surface area contributed by atoms with E-state index >= 15 is 0 Å². The summed E-state index contributed by atoms with van der Waals surface area (Å²) in [6, 6.07) is 0.148. The maximum atomic E-state index is 11.8. The Labute approximate surface area is 114 Å². The molecule has 5 heteroatoms. The lowest BCUT2D eigenvalue weighted by Crippen LogP contribution is -2.48. The minimum atomic E-state index is -0.534. The van der Waals surface area contributed by atoms with Gasteiger partial charge in [-0.1, -0.05) is 19.8 Å². The van der Waals surface area contributed by atoms with Crippen LogP contribution in [0.25, 0.3) is 0 Å². The predicted octanol–water partition coefficient (Wildman–Crippen LogP) is 0.976. The summed E-state index contributed by atoms with van der Waals surface area (Å²) in [5, 5.41) is 5.50. The summed E-state index contributed by atoms with van der Waals surface area (Å²) in [4.78, 5) is 23.5. The van der Waals surface area contributed by atoms with Gasteiger partial charge in [0.2, 0.25) is 0 Å². The lowest BCUT2D eigenvalue weighted by molar-refractivity contribution is -0.140. The number of hydrogen-bond acceptors (Lipinski definition) is 3. The molecule has 0 aromatic carbocycles. The first-order valence-electron chi connectivity index (χ1n) is 7.37. The fraction of sp³-hybridized carbons (Fsp3) is 0.857. The van der Waals surface area contributed by atoms with Crippen molar-refractivity contribution in [1.29, 1.82) is 0 Å². The molecule has 0 bridgehead atoms. The molecule has 0 unspecified atom stereocenters. The SMILES string of the molecule is C[C@H]1CCCC[C@@H]1NC(=O)C(=O)NC[C@@H]1CCCO1. The molecule has 19 heavy (non-hydrogen) atoms. The van der Waals surface area contributed by atoms with Crippen molar-refractivity contribution in [3.8, 4) is 0 Å². The van der Waals surface area contributed by atoms with Crippen molar-refractivity contribution in [3.63, 3.8) is 0 Å². The van der Waals surface area contributed by atoms with Crippen molar-refractivity contribution in [2.45, 2.75) is 57.6 Å². The van der Waals surface area contributed by atoms with E-state index in [1.807, 2.05) is 0 Å². The van der Waals surface area contributed by atoms with E-state index in [9.17, 15) is 9.59 Å². The second kappa shape index (κ2) is 6.89. The average Bonchev–Trinajstić information content (AvgIpc) is 2.91. The van der Waals surface area contributed by atoms with Crippen molar-refractivity contribution < 1.29 is 14.3 Å². The molecule has 1 heterocycles. The largest absolute Gasteiger partial charge is 0.376 e. The molecule has 108 valence electrons. The summed E-state index contributed by atoms with van der Waals surface area (Å²) in [7, 11) is 0. The predicted molar refractivity (Wildman–Crippen MR) is 71.5 cm³/mol. The zero-order valence-electron chi connectivity index (χ0n) is 11.6. The number of hydrogen-bond donors (Lipinski definition) is 2. The monoisotopic (exact) mass is 268 g/mol. The van der Waals surface area contributed by atoms with E-state index in [0.717, 1.165) is 38.7 Å². The summed E-state index contributed by atoms with van der Waals surface area (Å²) >= 11 is 0. The molecule has 0 aromatic heterocycles. The van der Waals surface area contributed by atoms with Crippen molar-refractivity contribution in [2.24, 2.45) is 5.92 Å². The van der Waals surface area contributed by atoms with Gasteiger partial charge in [-0.3, -0.25) is 9.59 Å². The van der Waals surface area contributed by atoms with Gasteiger partial charge in [0.25, 0.3) is 0 Å². The van der Waals surface area contributed by atoms with Crippen molar-refractivity contribution in [1.82, 2.24) is 10.6 Å². The summed E-state index contributed by atoms with van der Waals surface area (Å²) in [6.07, 6.45) is 6.53. The molecule has 0 radical (unpaired) electrons. The fourth-order valence-corrected chi connectivity index (χ4v) is 2.86. The topological polar surface area (TPSA) is 67.4 Å². The van der Waals surface area contributed by atoms with Crippen LogP contribution >= 0.6 is 0 Å². The standard InChI is InChI=1S/C14H24N2O3/c1-10-5-2-3-7-12(10)16-14(18)13(17)15-9-11-6-4-8-19-11/h10-12H,2-9H2,1H3,(H,15,17)(H,16,18)/t10-,11-,12-/m0/s1. The molecule has 3 atom stereocenters. The van der Waals surface area contributed by atoms with Crippen LogP contribution in [0.2, 0.25) is 0 Å². The normalized spacial score (nSPS) is 30.9. The Morgan fingerprint density at radius 2 is 1.89 bits per heavy atom. The summed E-state index contributed by atoms with van der Waals surface area (Å²) < 4.78 is 5.40. The van der Waals surface area contributed by atoms with Gasteiger partial charge in [-0.25, -0.2) is 0 Å². The highest BCUT2D eigenvalue weighted by atomic mass is 16.5. The summed E-state index contributed by atoms with van der Waals surface area (Å²) in [5.41, 5.74) is 0. The van der Waals surface area contributed by atoms with Crippen LogP contribution in [-0.4, -0.2) is 37.1 Å². The van der Waals surface area contributed by atoms with Crippen LogP contribution in [-0.2, 0) is 14.3 Å². The van der Waals surface area contributed by atoms with Gasteiger partial charge in [-0.05, 0) is 31.6 Å². The summed E-state index contributed by atoms with van der Waals surface area (Å²) in [5.74, 6) is -0.575. The Morgan fingerprint density at radius 3 is 2.58 bits per heavy atom. The average molecular weight is 268 g/mol. The zero-order chi connectivity index (χ0) is 13.7. The van der Waals surface area contributed by atoms with Crippen LogP contribution in [0, 0.1) is 5.92 Å². The number of carbonyl (C=O) groups excluding carboxylic acids is 2. The van der Waals surface area contributed by atoms with E-state index in [4.69, 9.17) is 4.74 Å². The number of amides is 2. The molecular formula is C14H24N2O3. The molecule has 2 aliphatic rings. The first kappa shape index (κ1) is 14.3. The number of ether oxygens (including phenoxy) is 1. The van der Waals surface area contributed by atoms with Crippen LogP contribution in [0.3, 0.4) is 0 Å². The number of rotatable bonds is 3. The number of nitrogens with one attached hydrogen (secondary N) is 2. The highest BCUT2D eigenvalue weighted by Gasteiger charge is 2.26. The van der Waals surface area contributed by atoms with Gasteiger partial charge in [0.15, 0.2) is 0 Å². The molecule has 2 amide bonds. The van der Waals surface area contributed by atoms with Gasteiger partial charge < -0.3 is 15.4 Å². The minimum Gasteiger partial charge on any atom is -0.376 e. The minimum absolute atomic E-state index is 0.0744. The van der Waals surface area contributed by atoms with Crippen molar-refractivity contribution >= 4 is 11.8 Å². The molecule has 1 aliphatic carbocycles. The van der Waals surface area contributed by atoms with Gasteiger partial charge in [0.1, 0.15) is 0 Å². The van der Waals surface area contributed by atoms with E-state index in [-0.39, 0.29) is 12.1 Å². The maximum Gasteiger partial charge on any atom is 0.309 e. The number of carbonyl (C=O) groups is 2. The van der Waals surface area contributed by atoms with Crippen molar-refractivity contribution in [3.05, 3.63) is 0 Å². The quantitative estimate of drug-likeness (QED) is 0.750. The first-order valence-corrected chi connectivity index (χ1v) is 7.37. The molecule has 2 N–H and O–H groups in total. The smallest absolute Gasteiger partial charge is 0.309 e. The first-order chi connectivity index (χ1) is 9.16. The highest BCUT2D eigenvalue weighted by Crippen LogP contribution is 2.23. The lowest BCUT2D eigenvalue weighted by atomic mass is 9.86. The molecule has 1 saturated heterocycles. The lowest BCUT2D eigenvalue weighted by Gasteiger charge is -2.29. The second-order valence-electron chi connectivity index (χ2n) is 5.69. The van der Waals surface area contributed by atoms with Crippen molar-refractivity contribution in [2.75, 3.05) is 13.2 Å². The Kier molecular flexibility index (Phi) is 5.19. The molecule has 0 spiro atoms. The molecule has 2 rings (SSSR count). The third-order valence-corrected chi connectivity index (χ3v) is 4.15. The van der Waals surface area contributed by atoms with Gasteiger partial charge in [-0.15, -0.1) is 0 Å². The van der Waals surface area contributed by atoms with Crippen LogP contribution in [0.1, 0.15) is 45.4 Å². The molecule has 0 aromatic rings. The van der Waals surface area contributed by atoms with E-state index in [2.05, 4.69) is 17.6 Å². The van der Waals surface area contributed by atoms with Gasteiger partial charge >= 0.3 is 11.8 Å². The molecule has 1 aliphatic heterocycles. The fourth-order valence-electron chi connectivity index (χ4n) is 2.86. The van der Waals surface area contributed by atoms with Crippen LogP contribution < -0.4 is 10.6 Å². The van der Waals surface area contributed by atoms with E-state index in [1.54, 1.807) is 0 Å². The Hall–Kier alpha value is -1.10. The maximum absolute atomic E-state index is 11.8. The van der Waals surface area contributed by atoms with E-state index in [0.29, 0.717) is 12.5 Å². The van der Waals surface area contributed by atoms with Gasteiger partial charge in [0, 0.05) is 19.2 Å². The Balaban J connectivity index is 1.70. The second-order valence-corrected chi connectivity index (χ2v) is 5.69. The zero-order valence-corrected chi connectivity index (χ0v) is 11.6. The van der Waals surface area contributed by atoms with Crippen LogP contribution in [0.15, 0.2) is 0 Å². The van der Waals surface area contributed by atoms with Crippen LogP contribution in [0.4, 0.5) is 0 Å². The van der Waals surface area contributed by atoms with Crippen LogP contribution in [0.5, 0.6) is 0 Å². The van der Waals surface area contributed by atoms with Gasteiger partial charge in [0.05, 0.1) is 6.10 Å². The molecule has 1 saturated carbocycles. The third-order valence-electron chi connectivity index (χ3n) is 4.15. The Morgan fingerprint density at radius 1 is 1.11 bits per heavy atom. The third kappa shape index (κ3) is 4.20. The molecule has 5 nitrogen and oxygen atoms in total. The highest BCUT2D eigenvalue weighted by molar-refractivity contribution is 6.35. The van der Waals surface area contributed by atoms with E-state index < -0.39 is 11.8 Å². The molecule has 2 fully saturated rings. The summed E-state index contributed by atoms with van der Waals surface area (Å²) in [6.45, 7) is 3.33. The van der Waals surface area contributed by atoms with E-state index in [1.165, 1.54) is 6.42 Å². The Bertz CT molecular complexity index is 327. The van der Waals surface area contributed by atoms with Gasteiger partial charge in [-0.2, -0.15) is 0 Å².